The van der Waals surface area contributed by atoms with Crippen LogP contribution in [0.4, 0.5) is 5.69 Å². The van der Waals surface area contributed by atoms with Crippen LogP contribution in [0.2, 0.25) is 0 Å². The van der Waals surface area contributed by atoms with E-state index in [1.165, 1.54) is 5.56 Å². The summed E-state index contributed by atoms with van der Waals surface area (Å²) < 4.78 is 0. The van der Waals surface area contributed by atoms with Gasteiger partial charge in [-0.1, -0.05) is 19.1 Å². The topological polar surface area (TPSA) is 32.3 Å². The first-order valence-electron chi connectivity index (χ1n) is 6.86. The SMILES string of the molecule is CCCNC(C)c1ccc(N2CCCC2=O)cc1. The monoisotopic (exact) mass is 246 g/mol. The van der Waals surface area contributed by atoms with Crippen LogP contribution in [0.3, 0.4) is 0 Å². The van der Waals surface area contributed by atoms with Crippen molar-refractivity contribution in [2.75, 3.05) is 18.0 Å². The predicted octanol–water partition coefficient (Wildman–Crippen LogP) is 2.87. The first-order valence-corrected chi connectivity index (χ1v) is 6.86. The number of nitrogens with zero attached hydrogens (tertiary/aromatic N) is 1. The van der Waals surface area contributed by atoms with Crippen LogP contribution in [0.25, 0.3) is 0 Å². The molecule has 0 aromatic heterocycles. The number of amides is 1. The molecule has 0 spiro atoms. The Morgan fingerprint density at radius 3 is 2.61 bits per heavy atom. The fraction of sp³-hybridized carbons (Fsp3) is 0.533. The number of carbonyl (C=O) groups excluding carboxylic acids is 1. The van der Waals surface area contributed by atoms with E-state index in [0.29, 0.717) is 12.5 Å². The second-order valence-corrected chi connectivity index (χ2v) is 4.92. The fourth-order valence-electron chi connectivity index (χ4n) is 2.34. The van der Waals surface area contributed by atoms with Gasteiger partial charge in [0.25, 0.3) is 0 Å². The van der Waals surface area contributed by atoms with E-state index in [1.54, 1.807) is 0 Å². The molecule has 1 atom stereocenters. The van der Waals surface area contributed by atoms with E-state index in [4.69, 9.17) is 0 Å². The number of carbonyl (C=O) groups is 1. The number of nitrogens with one attached hydrogen (secondary N) is 1. The Labute approximate surface area is 109 Å². The molecule has 1 saturated heterocycles. The zero-order chi connectivity index (χ0) is 13.0. The van der Waals surface area contributed by atoms with Gasteiger partial charge in [0.05, 0.1) is 0 Å². The zero-order valence-electron chi connectivity index (χ0n) is 11.3. The molecule has 0 saturated carbocycles. The molecule has 18 heavy (non-hydrogen) atoms. The molecule has 1 aliphatic rings. The van der Waals surface area contributed by atoms with Crippen LogP contribution >= 0.6 is 0 Å². The molecule has 1 heterocycles. The summed E-state index contributed by atoms with van der Waals surface area (Å²) in [5.41, 5.74) is 2.31. The lowest BCUT2D eigenvalue weighted by molar-refractivity contribution is -0.117. The van der Waals surface area contributed by atoms with Gasteiger partial charge in [0, 0.05) is 24.7 Å². The minimum atomic E-state index is 0.250. The van der Waals surface area contributed by atoms with Crippen LogP contribution in [0, 0.1) is 0 Å². The standard InChI is InChI=1S/C15H22N2O/c1-3-10-16-12(2)13-6-8-14(9-7-13)17-11-4-5-15(17)18/h6-9,12,16H,3-5,10-11H2,1-2H3. The van der Waals surface area contributed by atoms with Crippen molar-refractivity contribution >= 4 is 11.6 Å². The highest BCUT2D eigenvalue weighted by atomic mass is 16.2. The Kier molecular flexibility index (Phi) is 4.37. The van der Waals surface area contributed by atoms with Gasteiger partial charge < -0.3 is 10.2 Å². The van der Waals surface area contributed by atoms with Gasteiger partial charge >= 0.3 is 0 Å². The fourth-order valence-corrected chi connectivity index (χ4v) is 2.34. The van der Waals surface area contributed by atoms with Crippen LogP contribution in [-0.2, 0) is 4.79 Å². The first-order chi connectivity index (χ1) is 8.72. The average Bonchev–Trinajstić information content (AvgIpc) is 2.82. The van der Waals surface area contributed by atoms with Crippen LogP contribution < -0.4 is 10.2 Å². The number of rotatable bonds is 5. The summed E-state index contributed by atoms with van der Waals surface area (Å²) in [6.45, 7) is 6.24. The lowest BCUT2D eigenvalue weighted by atomic mass is 10.1. The molecule has 1 unspecified atom stereocenters. The van der Waals surface area contributed by atoms with Gasteiger partial charge in [-0.2, -0.15) is 0 Å². The average molecular weight is 246 g/mol. The predicted molar refractivity (Wildman–Crippen MR) is 74.7 cm³/mol. The summed E-state index contributed by atoms with van der Waals surface area (Å²) in [4.78, 5) is 13.5. The minimum Gasteiger partial charge on any atom is -0.312 e. The second-order valence-electron chi connectivity index (χ2n) is 4.92. The van der Waals surface area contributed by atoms with Gasteiger partial charge in [0.2, 0.25) is 5.91 Å². The van der Waals surface area contributed by atoms with E-state index in [-0.39, 0.29) is 5.91 Å². The first kappa shape index (κ1) is 13.1. The molecule has 1 aromatic rings. The molecule has 1 aliphatic heterocycles. The van der Waals surface area contributed by atoms with Crippen LogP contribution in [-0.4, -0.2) is 19.0 Å². The molecule has 98 valence electrons. The molecular formula is C15H22N2O. The second kappa shape index (κ2) is 6.01. The van der Waals surface area contributed by atoms with Gasteiger partial charge in [-0.25, -0.2) is 0 Å². The Morgan fingerprint density at radius 2 is 2.06 bits per heavy atom. The summed E-state index contributed by atoms with van der Waals surface area (Å²) in [5.74, 6) is 0.250. The molecule has 1 fully saturated rings. The summed E-state index contributed by atoms with van der Waals surface area (Å²) in [6.07, 6.45) is 2.82. The Bertz CT molecular complexity index is 399. The zero-order valence-corrected chi connectivity index (χ0v) is 11.3. The molecule has 0 radical (unpaired) electrons. The number of benzene rings is 1. The van der Waals surface area contributed by atoms with Gasteiger partial charge in [0.15, 0.2) is 0 Å². The molecule has 3 nitrogen and oxygen atoms in total. The molecule has 1 amide bonds. The minimum absolute atomic E-state index is 0.250. The van der Waals surface area contributed by atoms with Crippen molar-refractivity contribution in [2.45, 2.75) is 39.2 Å². The normalized spacial score (nSPS) is 17.2. The molecule has 1 N–H and O–H groups in total. The molecule has 0 bridgehead atoms. The molecule has 3 heteroatoms. The lowest BCUT2D eigenvalue weighted by Gasteiger charge is -2.18. The number of anilines is 1. The van der Waals surface area contributed by atoms with E-state index in [0.717, 1.165) is 31.6 Å². The summed E-state index contributed by atoms with van der Waals surface area (Å²) >= 11 is 0. The third-order valence-electron chi connectivity index (χ3n) is 3.48. The van der Waals surface area contributed by atoms with Crippen molar-refractivity contribution in [2.24, 2.45) is 0 Å². The van der Waals surface area contributed by atoms with E-state index in [1.807, 2.05) is 4.90 Å². The highest BCUT2D eigenvalue weighted by molar-refractivity contribution is 5.95. The van der Waals surface area contributed by atoms with Gasteiger partial charge in [-0.3, -0.25) is 4.79 Å². The maximum absolute atomic E-state index is 11.6. The molecule has 0 aliphatic carbocycles. The largest absolute Gasteiger partial charge is 0.312 e. The van der Waals surface area contributed by atoms with Crippen molar-refractivity contribution in [1.82, 2.24) is 5.32 Å². The van der Waals surface area contributed by atoms with E-state index in [2.05, 4.69) is 43.4 Å². The van der Waals surface area contributed by atoms with Crippen LogP contribution in [0.5, 0.6) is 0 Å². The van der Waals surface area contributed by atoms with Gasteiger partial charge in [-0.15, -0.1) is 0 Å². The van der Waals surface area contributed by atoms with Crippen LogP contribution in [0.15, 0.2) is 24.3 Å². The maximum Gasteiger partial charge on any atom is 0.227 e. The van der Waals surface area contributed by atoms with E-state index >= 15 is 0 Å². The quantitative estimate of drug-likeness (QED) is 0.866. The van der Waals surface area contributed by atoms with Crippen molar-refractivity contribution in [3.63, 3.8) is 0 Å². The number of hydrogen-bond acceptors (Lipinski definition) is 2. The van der Waals surface area contributed by atoms with E-state index in [9.17, 15) is 4.79 Å². The van der Waals surface area contributed by atoms with Crippen molar-refractivity contribution in [3.05, 3.63) is 29.8 Å². The van der Waals surface area contributed by atoms with Crippen LogP contribution in [0.1, 0.15) is 44.7 Å². The Balaban J connectivity index is 2.03. The summed E-state index contributed by atoms with van der Waals surface area (Å²) in [6, 6.07) is 8.72. The Hall–Kier alpha value is -1.35. The van der Waals surface area contributed by atoms with Gasteiger partial charge in [0.1, 0.15) is 0 Å². The molecule has 1 aromatic carbocycles. The maximum atomic E-state index is 11.6. The molecule has 2 rings (SSSR count). The Morgan fingerprint density at radius 1 is 1.33 bits per heavy atom. The van der Waals surface area contributed by atoms with Gasteiger partial charge in [-0.05, 0) is 44.0 Å². The lowest BCUT2D eigenvalue weighted by Crippen LogP contribution is -2.24. The third kappa shape index (κ3) is 2.91. The smallest absolute Gasteiger partial charge is 0.227 e. The number of hydrogen-bond donors (Lipinski definition) is 1. The van der Waals surface area contributed by atoms with Crippen molar-refractivity contribution in [3.8, 4) is 0 Å². The molecular weight excluding hydrogens is 224 g/mol. The summed E-state index contributed by atoms with van der Waals surface area (Å²) in [5, 5.41) is 3.47. The third-order valence-corrected chi connectivity index (χ3v) is 3.48. The summed E-state index contributed by atoms with van der Waals surface area (Å²) in [7, 11) is 0. The van der Waals surface area contributed by atoms with Crippen molar-refractivity contribution in [1.29, 1.82) is 0 Å². The van der Waals surface area contributed by atoms with E-state index < -0.39 is 0 Å². The van der Waals surface area contributed by atoms with Crippen molar-refractivity contribution < 1.29 is 4.79 Å². The highest BCUT2D eigenvalue weighted by Crippen LogP contribution is 2.23. The highest BCUT2D eigenvalue weighted by Gasteiger charge is 2.21.